The molecule has 0 amide bonds. The second kappa shape index (κ2) is 5.67. The molecule has 0 aliphatic carbocycles. The third-order valence-electron chi connectivity index (χ3n) is 2.37. The van der Waals surface area contributed by atoms with Crippen LogP contribution in [0.3, 0.4) is 0 Å². The average molecular weight is 263 g/mol. The molecule has 3 nitrogen and oxygen atoms in total. The molecule has 0 aliphatic heterocycles. The Morgan fingerprint density at radius 3 is 2.00 bits per heavy atom. The topological polar surface area (TPSA) is 46.5 Å². The van der Waals surface area contributed by atoms with Gasteiger partial charge in [0.2, 0.25) is 0 Å². The second-order valence-electron chi connectivity index (χ2n) is 3.66. The second-order valence-corrected chi connectivity index (χ2v) is 4.10. The van der Waals surface area contributed by atoms with Crippen molar-refractivity contribution in [3.63, 3.8) is 0 Å². The molecule has 0 radical (unpaired) electrons. The number of carbonyl (C=O) groups excluding carboxylic acids is 1. The predicted molar refractivity (Wildman–Crippen MR) is 69.4 cm³/mol. The molecule has 0 spiro atoms. The number of halogens is 1. The van der Waals surface area contributed by atoms with Crippen molar-refractivity contribution in [2.45, 2.75) is 0 Å². The summed E-state index contributed by atoms with van der Waals surface area (Å²) >= 11 is 5.77. The van der Waals surface area contributed by atoms with Crippen LogP contribution >= 0.6 is 11.6 Å². The molecule has 2 aromatic rings. The molecular formula is C14H11ClO3. The Balaban J connectivity index is 2.10. The van der Waals surface area contributed by atoms with Gasteiger partial charge in [-0.3, -0.25) is 4.79 Å². The van der Waals surface area contributed by atoms with Gasteiger partial charge in [-0.05, 0) is 48.5 Å². The number of carbonyl (C=O) groups is 1. The number of aliphatic hydroxyl groups excluding tert-OH is 1. The molecular weight excluding hydrogens is 252 g/mol. The van der Waals surface area contributed by atoms with E-state index in [0.29, 0.717) is 22.1 Å². The van der Waals surface area contributed by atoms with Crippen molar-refractivity contribution in [1.29, 1.82) is 0 Å². The Hall–Kier alpha value is -1.84. The summed E-state index contributed by atoms with van der Waals surface area (Å²) in [7, 11) is 0. The van der Waals surface area contributed by atoms with Crippen LogP contribution in [-0.4, -0.2) is 17.5 Å². The zero-order valence-electron chi connectivity index (χ0n) is 9.47. The maximum atomic E-state index is 11.2. The minimum atomic E-state index is -0.489. The fraction of sp³-hybridized carbons (Fsp3) is 0.0714. The van der Waals surface area contributed by atoms with E-state index < -0.39 is 6.61 Å². The minimum absolute atomic E-state index is 0.312. The van der Waals surface area contributed by atoms with Crippen LogP contribution in [0.4, 0.5) is 0 Å². The average Bonchev–Trinajstić information content (AvgIpc) is 2.41. The van der Waals surface area contributed by atoms with Gasteiger partial charge in [-0.15, -0.1) is 0 Å². The van der Waals surface area contributed by atoms with Gasteiger partial charge in [0.15, 0.2) is 5.78 Å². The highest BCUT2D eigenvalue weighted by molar-refractivity contribution is 6.30. The van der Waals surface area contributed by atoms with Crippen LogP contribution in [0.15, 0.2) is 48.5 Å². The number of ketones is 1. The van der Waals surface area contributed by atoms with Crippen LogP contribution < -0.4 is 4.74 Å². The molecule has 0 atom stereocenters. The molecule has 2 rings (SSSR count). The summed E-state index contributed by atoms with van der Waals surface area (Å²) in [5, 5.41) is 9.37. The number of aliphatic hydroxyl groups is 1. The molecule has 1 N–H and O–H groups in total. The number of hydrogen-bond acceptors (Lipinski definition) is 3. The summed E-state index contributed by atoms with van der Waals surface area (Å²) in [4.78, 5) is 11.2. The zero-order chi connectivity index (χ0) is 13.0. The highest BCUT2D eigenvalue weighted by atomic mass is 35.5. The van der Waals surface area contributed by atoms with E-state index in [1.807, 2.05) is 0 Å². The first-order chi connectivity index (χ1) is 8.69. The number of hydrogen-bond donors (Lipinski definition) is 1. The Morgan fingerprint density at radius 1 is 1.00 bits per heavy atom. The van der Waals surface area contributed by atoms with Crippen molar-refractivity contribution < 1.29 is 14.6 Å². The van der Waals surface area contributed by atoms with Gasteiger partial charge in [-0.2, -0.15) is 0 Å². The van der Waals surface area contributed by atoms with Gasteiger partial charge in [0.1, 0.15) is 18.1 Å². The molecule has 0 saturated carbocycles. The van der Waals surface area contributed by atoms with Crippen molar-refractivity contribution in [2.24, 2.45) is 0 Å². The van der Waals surface area contributed by atoms with Crippen molar-refractivity contribution >= 4 is 17.4 Å². The Morgan fingerprint density at radius 2 is 1.50 bits per heavy atom. The molecule has 18 heavy (non-hydrogen) atoms. The molecule has 0 aromatic heterocycles. The summed E-state index contributed by atoms with van der Waals surface area (Å²) in [5.41, 5.74) is 0.459. The fourth-order valence-electron chi connectivity index (χ4n) is 1.44. The molecule has 4 heteroatoms. The van der Waals surface area contributed by atoms with Crippen LogP contribution in [0, 0.1) is 0 Å². The van der Waals surface area contributed by atoms with Crippen molar-refractivity contribution in [2.75, 3.05) is 6.61 Å². The number of rotatable bonds is 4. The first kappa shape index (κ1) is 12.6. The summed E-state index contributed by atoms with van der Waals surface area (Å²) in [5.74, 6) is 0.973. The monoisotopic (exact) mass is 262 g/mol. The van der Waals surface area contributed by atoms with Gasteiger partial charge in [-0.25, -0.2) is 0 Å². The van der Waals surface area contributed by atoms with Gasteiger partial charge in [0.25, 0.3) is 0 Å². The van der Waals surface area contributed by atoms with E-state index in [-0.39, 0.29) is 5.78 Å². The first-order valence-corrected chi connectivity index (χ1v) is 5.74. The summed E-state index contributed by atoms with van der Waals surface area (Å²) in [6.45, 7) is -0.489. The van der Waals surface area contributed by atoms with Gasteiger partial charge in [0, 0.05) is 10.6 Å². The Labute approximate surface area is 110 Å². The summed E-state index contributed by atoms with van der Waals surface area (Å²) in [6.07, 6.45) is 0. The van der Waals surface area contributed by atoms with Crippen LogP contribution in [0.2, 0.25) is 5.02 Å². The normalized spacial score (nSPS) is 10.1. The lowest BCUT2D eigenvalue weighted by Gasteiger charge is -2.06. The lowest BCUT2D eigenvalue weighted by atomic mass is 10.1. The summed E-state index contributed by atoms with van der Waals surface area (Å²) in [6, 6.07) is 13.6. The van der Waals surface area contributed by atoms with Crippen molar-refractivity contribution in [3.8, 4) is 11.5 Å². The molecule has 92 valence electrons. The van der Waals surface area contributed by atoms with E-state index in [2.05, 4.69) is 0 Å². The van der Waals surface area contributed by atoms with Gasteiger partial charge < -0.3 is 9.84 Å². The molecule has 0 saturated heterocycles. The minimum Gasteiger partial charge on any atom is -0.457 e. The first-order valence-electron chi connectivity index (χ1n) is 5.36. The number of ether oxygens (including phenoxy) is 1. The largest absolute Gasteiger partial charge is 0.457 e. The number of Topliss-reactive ketones (excluding diaryl/α,β-unsaturated/α-hetero) is 1. The van der Waals surface area contributed by atoms with E-state index in [4.69, 9.17) is 21.4 Å². The molecule has 2 aromatic carbocycles. The van der Waals surface area contributed by atoms with E-state index in [9.17, 15) is 4.79 Å². The van der Waals surface area contributed by atoms with Gasteiger partial charge in [0.05, 0.1) is 0 Å². The predicted octanol–water partition coefficient (Wildman–Crippen LogP) is 3.31. The van der Waals surface area contributed by atoms with Crippen LogP contribution in [0.5, 0.6) is 11.5 Å². The fourth-order valence-corrected chi connectivity index (χ4v) is 1.56. The standard InChI is InChI=1S/C14H11ClO3/c15-11-3-7-13(8-4-11)18-12-5-1-10(2-6-12)14(17)9-16/h1-8,16H,9H2. The number of benzene rings is 2. The molecule has 0 heterocycles. The van der Waals surface area contributed by atoms with Crippen molar-refractivity contribution in [3.05, 3.63) is 59.1 Å². The van der Waals surface area contributed by atoms with E-state index >= 15 is 0 Å². The lowest BCUT2D eigenvalue weighted by molar-refractivity contribution is 0.0903. The van der Waals surface area contributed by atoms with Gasteiger partial charge in [-0.1, -0.05) is 11.6 Å². The third kappa shape index (κ3) is 3.09. The maximum absolute atomic E-state index is 11.2. The van der Waals surface area contributed by atoms with Crippen molar-refractivity contribution in [1.82, 2.24) is 0 Å². The third-order valence-corrected chi connectivity index (χ3v) is 2.62. The molecule has 0 aliphatic rings. The molecule has 0 unspecified atom stereocenters. The zero-order valence-corrected chi connectivity index (χ0v) is 10.2. The van der Waals surface area contributed by atoms with E-state index in [1.165, 1.54) is 0 Å². The van der Waals surface area contributed by atoms with Crippen LogP contribution in [0.25, 0.3) is 0 Å². The van der Waals surface area contributed by atoms with E-state index in [0.717, 1.165) is 0 Å². The molecule has 0 bridgehead atoms. The van der Waals surface area contributed by atoms with E-state index in [1.54, 1.807) is 48.5 Å². The summed E-state index contributed by atoms with van der Waals surface area (Å²) < 4.78 is 5.57. The Bertz CT molecular complexity index is 532. The van der Waals surface area contributed by atoms with Crippen LogP contribution in [0.1, 0.15) is 10.4 Å². The Kier molecular flexibility index (Phi) is 3.97. The highest BCUT2D eigenvalue weighted by Crippen LogP contribution is 2.23. The maximum Gasteiger partial charge on any atom is 0.188 e. The lowest BCUT2D eigenvalue weighted by Crippen LogP contribution is -2.03. The van der Waals surface area contributed by atoms with Crippen LogP contribution in [-0.2, 0) is 0 Å². The van der Waals surface area contributed by atoms with Gasteiger partial charge >= 0.3 is 0 Å². The molecule has 0 fully saturated rings. The quantitative estimate of drug-likeness (QED) is 0.860. The smallest absolute Gasteiger partial charge is 0.188 e. The SMILES string of the molecule is O=C(CO)c1ccc(Oc2ccc(Cl)cc2)cc1. The highest BCUT2D eigenvalue weighted by Gasteiger charge is 2.04.